The molecule has 0 aromatic heterocycles. The summed E-state index contributed by atoms with van der Waals surface area (Å²) in [6, 6.07) is 0. The Hall–Kier alpha value is -0.210. The minimum absolute atomic E-state index is 0.213. The van der Waals surface area contributed by atoms with Gasteiger partial charge in [0.2, 0.25) is 10.0 Å². The van der Waals surface area contributed by atoms with E-state index < -0.39 is 10.0 Å². The number of rotatable bonds is 9. The van der Waals surface area contributed by atoms with E-state index in [4.69, 9.17) is 0 Å². The molecule has 1 N–H and O–H groups in total. The molecular formula is C13H30N4O2S. The molecule has 1 saturated heterocycles. The molecule has 1 aliphatic rings. The predicted molar refractivity (Wildman–Crippen MR) is 83.5 cm³/mol. The van der Waals surface area contributed by atoms with Gasteiger partial charge in [0, 0.05) is 45.8 Å². The molecule has 1 aliphatic heterocycles. The minimum atomic E-state index is -3.08. The van der Waals surface area contributed by atoms with Crippen molar-refractivity contribution in [1.82, 2.24) is 19.4 Å². The van der Waals surface area contributed by atoms with Gasteiger partial charge in [0.25, 0.3) is 0 Å². The Morgan fingerprint density at radius 3 is 2.30 bits per heavy atom. The molecule has 0 aromatic carbocycles. The zero-order valence-electron chi connectivity index (χ0n) is 13.1. The first-order chi connectivity index (χ1) is 9.45. The Morgan fingerprint density at radius 2 is 1.75 bits per heavy atom. The van der Waals surface area contributed by atoms with Crippen LogP contribution >= 0.6 is 0 Å². The van der Waals surface area contributed by atoms with Crippen molar-refractivity contribution in [3.05, 3.63) is 0 Å². The lowest BCUT2D eigenvalue weighted by Crippen LogP contribution is -2.51. The summed E-state index contributed by atoms with van der Waals surface area (Å²) in [5.74, 6) is 0.213. The highest BCUT2D eigenvalue weighted by Crippen LogP contribution is 2.07. The second-order valence-corrected chi connectivity index (χ2v) is 7.70. The molecule has 0 spiro atoms. The van der Waals surface area contributed by atoms with Gasteiger partial charge < -0.3 is 10.2 Å². The van der Waals surface area contributed by atoms with E-state index in [0.717, 1.165) is 39.1 Å². The summed E-state index contributed by atoms with van der Waals surface area (Å²) in [5, 5.41) is 3.15. The van der Waals surface area contributed by atoms with Crippen molar-refractivity contribution in [2.75, 3.05) is 72.2 Å². The van der Waals surface area contributed by atoms with E-state index in [-0.39, 0.29) is 5.75 Å². The van der Waals surface area contributed by atoms with Gasteiger partial charge in [-0.1, -0.05) is 6.92 Å². The van der Waals surface area contributed by atoms with Gasteiger partial charge in [-0.3, -0.25) is 4.90 Å². The van der Waals surface area contributed by atoms with Gasteiger partial charge in [0.05, 0.1) is 5.75 Å². The van der Waals surface area contributed by atoms with Gasteiger partial charge >= 0.3 is 0 Å². The minimum Gasteiger partial charge on any atom is -0.316 e. The number of sulfonamides is 1. The van der Waals surface area contributed by atoms with Gasteiger partial charge in [-0.15, -0.1) is 0 Å². The maximum atomic E-state index is 12.2. The van der Waals surface area contributed by atoms with E-state index in [0.29, 0.717) is 19.6 Å². The van der Waals surface area contributed by atoms with Gasteiger partial charge in [0.1, 0.15) is 0 Å². The van der Waals surface area contributed by atoms with Crippen LogP contribution in [-0.2, 0) is 10.0 Å². The first-order valence-corrected chi connectivity index (χ1v) is 9.12. The number of hydrogen-bond acceptors (Lipinski definition) is 5. The molecule has 0 unspecified atom stereocenters. The largest absolute Gasteiger partial charge is 0.316 e. The Kier molecular flexibility index (Phi) is 7.98. The maximum absolute atomic E-state index is 12.2. The smallest absolute Gasteiger partial charge is 0.215 e. The van der Waals surface area contributed by atoms with Gasteiger partial charge in [-0.25, -0.2) is 8.42 Å². The third-order valence-corrected chi connectivity index (χ3v) is 5.42. The SMILES string of the molecule is CCCNCCS(=O)(=O)N1CCN(CCN(C)C)CC1. The van der Waals surface area contributed by atoms with Crippen LogP contribution in [0.2, 0.25) is 0 Å². The van der Waals surface area contributed by atoms with E-state index in [2.05, 4.69) is 36.1 Å². The molecule has 0 amide bonds. The van der Waals surface area contributed by atoms with Crippen LogP contribution in [0.3, 0.4) is 0 Å². The second kappa shape index (κ2) is 8.94. The standard InChI is InChI=1S/C13H30N4O2S/c1-4-5-14-6-13-20(18,19)17-11-9-16(10-12-17)8-7-15(2)3/h14H,4-13H2,1-3H3. The first kappa shape index (κ1) is 17.8. The zero-order chi connectivity index (χ0) is 15.0. The van der Waals surface area contributed by atoms with E-state index in [1.165, 1.54) is 0 Å². The summed E-state index contributed by atoms with van der Waals surface area (Å²) in [6.45, 7) is 8.49. The molecule has 7 heteroatoms. The fraction of sp³-hybridized carbons (Fsp3) is 1.00. The highest BCUT2D eigenvalue weighted by atomic mass is 32.2. The first-order valence-electron chi connectivity index (χ1n) is 7.51. The quantitative estimate of drug-likeness (QED) is 0.582. The molecule has 0 aromatic rings. The van der Waals surface area contributed by atoms with E-state index in [1.54, 1.807) is 4.31 Å². The highest BCUT2D eigenvalue weighted by molar-refractivity contribution is 7.89. The second-order valence-electron chi connectivity index (χ2n) is 5.61. The van der Waals surface area contributed by atoms with Crippen molar-refractivity contribution in [2.24, 2.45) is 0 Å². The number of piperazine rings is 1. The van der Waals surface area contributed by atoms with Crippen LogP contribution < -0.4 is 5.32 Å². The van der Waals surface area contributed by atoms with Crippen molar-refractivity contribution >= 4 is 10.0 Å². The predicted octanol–water partition coefficient (Wildman–Crippen LogP) is -0.505. The zero-order valence-corrected chi connectivity index (χ0v) is 14.0. The fourth-order valence-electron chi connectivity index (χ4n) is 2.20. The van der Waals surface area contributed by atoms with Crippen molar-refractivity contribution in [1.29, 1.82) is 0 Å². The molecule has 1 heterocycles. The number of nitrogens with one attached hydrogen (secondary N) is 1. The lowest BCUT2D eigenvalue weighted by Gasteiger charge is -2.34. The van der Waals surface area contributed by atoms with Crippen LogP contribution in [0, 0.1) is 0 Å². The van der Waals surface area contributed by atoms with Crippen LogP contribution in [0.5, 0.6) is 0 Å². The van der Waals surface area contributed by atoms with Crippen LogP contribution in [-0.4, -0.2) is 94.7 Å². The van der Waals surface area contributed by atoms with Gasteiger partial charge in [-0.2, -0.15) is 4.31 Å². The van der Waals surface area contributed by atoms with Crippen molar-refractivity contribution in [3.63, 3.8) is 0 Å². The molecule has 0 saturated carbocycles. The molecular weight excluding hydrogens is 276 g/mol. The van der Waals surface area contributed by atoms with Crippen molar-refractivity contribution in [3.8, 4) is 0 Å². The molecule has 1 rings (SSSR count). The number of likely N-dealkylation sites (N-methyl/N-ethyl adjacent to an activating group) is 1. The summed E-state index contributed by atoms with van der Waals surface area (Å²) in [6.07, 6.45) is 1.03. The third-order valence-electron chi connectivity index (χ3n) is 3.55. The van der Waals surface area contributed by atoms with E-state index >= 15 is 0 Å². The Labute approximate surface area is 124 Å². The molecule has 120 valence electrons. The lowest BCUT2D eigenvalue weighted by molar-refractivity contribution is 0.174. The Bertz CT molecular complexity index is 351. The molecule has 0 aliphatic carbocycles. The van der Waals surface area contributed by atoms with Crippen LogP contribution in [0.4, 0.5) is 0 Å². The summed E-state index contributed by atoms with van der Waals surface area (Å²) in [4.78, 5) is 4.49. The fourth-order valence-corrected chi connectivity index (χ4v) is 3.58. The monoisotopic (exact) mass is 306 g/mol. The lowest BCUT2D eigenvalue weighted by atomic mass is 10.3. The summed E-state index contributed by atoms with van der Waals surface area (Å²) in [7, 11) is 1.03. The van der Waals surface area contributed by atoms with Gasteiger partial charge in [-0.05, 0) is 27.1 Å². The van der Waals surface area contributed by atoms with E-state index in [9.17, 15) is 8.42 Å². The van der Waals surface area contributed by atoms with Crippen molar-refractivity contribution in [2.45, 2.75) is 13.3 Å². The molecule has 6 nitrogen and oxygen atoms in total. The van der Waals surface area contributed by atoms with Crippen molar-refractivity contribution < 1.29 is 8.42 Å². The Morgan fingerprint density at radius 1 is 1.10 bits per heavy atom. The molecule has 1 fully saturated rings. The van der Waals surface area contributed by atoms with Crippen LogP contribution in [0.25, 0.3) is 0 Å². The van der Waals surface area contributed by atoms with Crippen LogP contribution in [0.1, 0.15) is 13.3 Å². The third kappa shape index (κ3) is 6.49. The van der Waals surface area contributed by atoms with Gasteiger partial charge in [0.15, 0.2) is 0 Å². The average molecular weight is 306 g/mol. The van der Waals surface area contributed by atoms with Crippen LogP contribution in [0.15, 0.2) is 0 Å². The summed E-state index contributed by atoms with van der Waals surface area (Å²) >= 11 is 0. The summed E-state index contributed by atoms with van der Waals surface area (Å²) < 4.78 is 26.0. The van der Waals surface area contributed by atoms with E-state index in [1.807, 2.05) is 0 Å². The average Bonchev–Trinajstić information content (AvgIpc) is 2.42. The maximum Gasteiger partial charge on any atom is 0.215 e. The molecule has 0 atom stereocenters. The number of nitrogens with zero attached hydrogens (tertiary/aromatic N) is 3. The highest BCUT2D eigenvalue weighted by Gasteiger charge is 2.26. The molecule has 0 radical (unpaired) electrons. The normalized spacial score (nSPS) is 18.8. The molecule has 0 bridgehead atoms. The summed E-state index contributed by atoms with van der Waals surface area (Å²) in [5.41, 5.74) is 0. The Balaban J connectivity index is 2.28. The topological polar surface area (TPSA) is 55.9 Å². The molecule has 20 heavy (non-hydrogen) atoms. The number of hydrogen-bond donors (Lipinski definition) is 1.